The molecule has 19 heavy (non-hydrogen) atoms. The van der Waals surface area contributed by atoms with E-state index in [4.69, 9.17) is 9.84 Å². The molecule has 0 saturated carbocycles. The number of aryl methyl sites for hydroxylation is 1. The highest BCUT2D eigenvalue weighted by atomic mass is 35.5. The molecule has 0 aliphatic rings. The van der Waals surface area contributed by atoms with Gasteiger partial charge in [0.05, 0.1) is 0 Å². The predicted octanol–water partition coefficient (Wildman–Crippen LogP) is 2.89. The van der Waals surface area contributed by atoms with Crippen LogP contribution in [0.2, 0.25) is 0 Å². The van der Waals surface area contributed by atoms with Crippen LogP contribution in [0, 0.1) is 6.92 Å². The molecule has 0 bridgehead atoms. The normalized spacial score (nSPS) is 10.3. The minimum atomic E-state index is 0. The van der Waals surface area contributed by atoms with E-state index in [1.165, 1.54) is 5.56 Å². The van der Waals surface area contributed by atoms with Crippen molar-refractivity contribution in [3.63, 3.8) is 0 Å². The first-order valence-electron chi connectivity index (χ1n) is 6.72. The molecule has 0 unspecified atom stereocenters. The van der Waals surface area contributed by atoms with Crippen LogP contribution in [-0.4, -0.2) is 43.4 Å². The van der Waals surface area contributed by atoms with Gasteiger partial charge in [-0.05, 0) is 51.4 Å². The van der Waals surface area contributed by atoms with Crippen molar-refractivity contribution < 1.29 is 9.84 Å². The number of unbranched alkanes of at least 4 members (excludes halogenated alkanes) is 2. The maximum atomic E-state index is 8.69. The average molecular weight is 288 g/mol. The van der Waals surface area contributed by atoms with E-state index in [2.05, 4.69) is 24.9 Å². The van der Waals surface area contributed by atoms with E-state index in [1.807, 2.05) is 18.2 Å². The molecule has 0 spiro atoms. The minimum absolute atomic E-state index is 0. The van der Waals surface area contributed by atoms with Crippen LogP contribution in [0.5, 0.6) is 5.75 Å². The summed E-state index contributed by atoms with van der Waals surface area (Å²) in [7, 11) is 2.11. The highest BCUT2D eigenvalue weighted by Crippen LogP contribution is 2.15. The quantitative estimate of drug-likeness (QED) is 0.709. The first kappa shape index (κ1) is 18.2. The molecule has 0 radical (unpaired) electrons. The van der Waals surface area contributed by atoms with Gasteiger partial charge in [0.2, 0.25) is 0 Å². The van der Waals surface area contributed by atoms with Gasteiger partial charge in [-0.3, -0.25) is 0 Å². The summed E-state index contributed by atoms with van der Waals surface area (Å²) < 4.78 is 5.75. The molecular formula is C15H26ClNO2. The molecule has 1 rings (SSSR count). The molecule has 0 amide bonds. The molecular weight excluding hydrogens is 262 g/mol. The number of aliphatic hydroxyl groups excluding tert-OH is 1. The highest BCUT2D eigenvalue weighted by molar-refractivity contribution is 5.85. The van der Waals surface area contributed by atoms with Crippen LogP contribution in [0.15, 0.2) is 24.3 Å². The largest absolute Gasteiger partial charge is 0.492 e. The molecule has 1 aromatic carbocycles. The molecule has 0 fully saturated rings. The minimum Gasteiger partial charge on any atom is -0.492 e. The second-order valence-corrected chi connectivity index (χ2v) is 4.70. The number of hydrogen-bond acceptors (Lipinski definition) is 3. The Hall–Kier alpha value is -0.770. The van der Waals surface area contributed by atoms with Crippen molar-refractivity contribution in [2.75, 3.05) is 33.4 Å². The summed E-state index contributed by atoms with van der Waals surface area (Å²) in [4.78, 5) is 2.27. The van der Waals surface area contributed by atoms with Gasteiger partial charge in [0, 0.05) is 13.2 Å². The summed E-state index contributed by atoms with van der Waals surface area (Å²) in [5, 5.41) is 8.69. The van der Waals surface area contributed by atoms with Crippen LogP contribution in [-0.2, 0) is 0 Å². The van der Waals surface area contributed by atoms with Crippen molar-refractivity contribution in [3.8, 4) is 5.75 Å². The van der Waals surface area contributed by atoms with Crippen LogP contribution in [0.4, 0.5) is 0 Å². The topological polar surface area (TPSA) is 32.7 Å². The van der Waals surface area contributed by atoms with Crippen LogP contribution in [0.3, 0.4) is 0 Å². The van der Waals surface area contributed by atoms with Crippen LogP contribution < -0.4 is 4.74 Å². The Bertz CT molecular complexity index is 334. The third-order valence-electron chi connectivity index (χ3n) is 3.02. The fourth-order valence-corrected chi connectivity index (χ4v) is 1.81. The smallest absolute Gasteiger partial charge is 0.122 e. The fourth-order valence-electron chi connectivity index (χ4n) is 1.81. The van der Waals surface area contributed by atoms with E-state index >= 15 is 0 Å². The molecule has 3 nitrogen and oxygen atoms in total. The molecule has 0 heterocycles. The average Bonchev–Trinajstić information content (AvgIpc) is 2.37. The zero-order valence-corrected chi connectivity index (χ0v) is 12.8. The number of aliphatic hydroxyl groups is 1. The van der Waals surface area contributed by atoms with Crippen LogP contribution in [0.25, 0.3) is 0 Å². The molecule has 0 saturated heterocycles. The zero-order chi connectivity index (χ0) is 13.2. The second kappa shape index (κ2) is 11.1. The van der Waals surface area contributed by atoms with Gasteiger partial charge in [-0.2, -0.15) is 0 Å². The van der Waals surface area contributed by atoms with Crippen molar-refractivity contribution >= 4 is 12.4 Å². The molecule has 1 N–H and O–H groups in total. The summed E-state index contributed by atoms with van der Waals surface area (Å²) in [5.41, 5.74) is 1.18. The Kier molecular flexibility index (Phi) is 10.6. The summed E-state index contributed by atoms with van der Waals surface area (Å²) in [6.45, 7) is 5.10. The summed E-state index contributed by atoms with van der Waals surface area (Å²) in [6.07, 6.45) is 3.15. The Morgan fingerprint density at radius 3 is 2.53 bits per heavy atom. The number of benzene rings is 1. The van der Waals surface area contributed by atoms with E-state index < -0.39 is 0 Å². The summed E-state index contributed by atoms with van der Waals surface area (Å²) >= 11 is 0. The SMILES string of the molecule is Cc1ccccc1OCCN(C)CCCCCO.Cl. The van der Waals surface area contributed by atoms with Crippen molar-refractivity contribution in [1.29, 1.82) is 0 Å². The lowest BCUT2D eigenvalue weighted by atomic mass is 10.2. The third kappa shape index (κ3) is 8.09. The molecule has 0 aromatic heterocycles. The van der Waals surface area contributed by atoms with Crippen molar-refractivity contribution in [2.45, 2.75) is 26.2 Å². The lowest BCUT2D eigenvalue weighted by Crippen LogP contribution is -2.25. The molecule has 4 heteroatoms. The summed E-state index contributed by atoms with van der Waals surface area (Å²) in [5.74, 6) is 0.978. The molecule has 0 atom stereocenters. The summed E-state index contributed by atoms with van der Waals surface area (Å²) in [6, 6.07) is 8.10. The molecule has 0 aliphatic carbocycles. The number of likely N-dealkylation sites (N-methyl/N-ethyl adjacent to an activating group) is 1. The van der Waals surface area contributed by atoms with Gasteiger partial charge in [-0.25, -0.2) is 0 Å². The number of hydrogen-bond donors (Lipinski definition) is 1. The highest BCUT2D eigenvalue weighted by Gasteiger charge is 2.00. The predicted molar refractivity (Wildman–Crippen MR) is 82.4 cm³/mol. The van der Waals surface area contributed by atoms with E-state index in [0.717, 1.165) is 44.7 Å². The van der Waals surface area contributed by atoms with E-state index in [0.29, 0.717) is 6.61 Å². The van der Waals surface area contributed by atoms with Gasteiger partial charge in [0.1, 0.15) is 12.4 Å². The first-order chi connectivity index (χ1) is 8.74. The number of rotatable bonds is 9. The molecule has 0 aliphatic heterocycles. The lowest BCUT2D eigenvalue weighted by molar-refractivity contribution is 0.229. The standard InChI is InChI=1S/C15H25NO2.ClH/c1-14-8-4-5-9-15(14)18-13-11-16(2)10-6-3-7-12-17;/h4-5,8-9,17H,3,6-7,10-13H2,1-2H3;1H. The van der Waals surface area contributed by atoms with Crippen molar-refractivity contribution in [3.05, 3.63) is 29.8 Å². The van der Waals surface area contributed by atoms with Gasteiger partial charge in [0.15, 0.2) is 0 Å². The van der Waals surface area contributed by atoms with Gasteiger partial charge in [-0.1, -0.05) is 18.2 Å². The number of nitrogens with zero attached hydrogens (tertiary/aromatic N) is 1. The Balaban J connectivity index is 0.00000324. The Labute approximate surface area is 123 Å². The van der Waals surface area contributed by atoms with E-state index in [-0.39, 0.29) is 12.4 Å². The fraction of sp³-hybridized carbons (Fsp3) is 0.600. The lowest BCUT2D eigenvalue weighted by Gasteiger charge is -2.17. The molecule has 1 aromatic rings. The van der Waals surface area contributed by atoms with Crippen LogP contribution in [0.1, 0.15) is 24.8 Å². The Morgan fingerprint density at radius 1 is 1.11 bits per heavy atom. The molecule has 110 valence electrons. The monoisotopic (exact) mass is 287 g/mol. The second-order valence-electron chi connectivity index (χ2n) is 4.70. The van der Waals surface area contributed by atoms with Gasteiger partial charge in [0.25, 0.3) is 0 Å². The maximum absolute atomic E-state index is 8.69. The Morgan fingerprint density at radius 2 is 1.84 bits per heavy atom. The first-order valence-corrected chi connectivity index (χ1v) is 6.72. The number of halogens is 1. The van der Waals surface area contributed by atoms with E-state index in [1.54, 1.807) is 0 Å². The van der Waals surface area contributed by atoms with Crippen molar-refractivity contribution in [1.82, 2.24) is 4.90 Å². The third-order valence-corrected chi connectivity index (χ3v) is 3.02. The van der Waals surface area contributed by atoms with E-state index in [9.17, 15) is 0 Å². The zero-order valence-electron chi connectivity index (χ0n) is 12.0. The van der Waals surface area contributed by atoms with Crippen LogP contribution >= 0.6 is 12.4 Å². The number of ether oxygens (including phenoxy) is 1. The maximum Gasteiger partial charge on any atom is 0.122 e. The van der Waals surface area contributed by atoms with Gasteiger partial charge < -0.3 is 14.7 Å². The van der Waals surface area contributed by atoms with Gasteiger partial charge >= 0.3 is 0 Å². The number of para-hydroxylation sites is 1. The van der Waals surface area contributed by atoms with Gasteiger partial charge in [-0.15, -0.1) is 12.4 Å². The van der Waals surface area contributed by atoms with Crippen molar-refractivity contribution in [2.24, 2.45) is 0 Å².